The number of ether oxygens (including phenoxy) is 3. The Hall–Kier alpha value is -4.34. The molecule has 2 aliphatic heterocycles. The molecule has 0 saturated heterocycles. The maximum absolute atomic E-state index is 13.5. The van der Waals surface area contributed by atoms with Gasteiger partial charge >= 0.3 is 5.97 Å². The molecule has 0 aromatic heterocycles. The molecule has 0 aliphatic carbocycles. The van der Waals surface area contributed by atoms with Gasteiger partial charge in [0.15, 0.2) is 5.17 Å². The van der Waals surface area contributed by atoms with Gasteiger partial charge in [0.25, 0.3) is 0 Å². The van der Waals surface area contributed by atoms with Crippen molar-refractivity contribution >= 4 is 28.8 Å². The molecule has 2 atom stereocenters. The summed E-state index contributed by atoms with van der Waals surface area (Å²) in [6.45, 7) is 4.16. The highest BCUT2D eigenvalue weighted by Crippen LogP contribution is 2.45. The summed E-state index contributed by atoms with van der Waals surface area (Å²) in [5, 5.41) is 5.71. The zero-order valence-corrected chi connectivity index (χ0v) is 24.6. The van der Waals surface area contributed by atoms with E-state index in [1.54, 1.807) is 14.0 Å². The van der Waals surface area contributed by atoms with Gasteiger partial charge in [-0.2, -0.15) is 0 Å². The molecule has 2 aliphatic rings. The van der Waals surface area contributed by atoms with Crippen molar-refractivity contribution in [3.05, 3.63) is 118 Å². The van der Waals surface area contributed by atoms with Gasteiger partial charge in [-0.25, -0.2) is 9.79 Å². The van der Waals surface area contributed by atoms with Crippen molar-refractivity contribution in [1.82, 2.24) is 10.2 Å². The van der Waals surface area contributed by atoms with E-state index in [-0.39, 0.29) is 31.6 Å². The van der Waals surface area contributed by atoms with Gasteiger partial charge in [0.05, 0.1) is 36.4 Å². The quantitative estimate of drug-likeness (QED) is 0.203. The number of allylic oxidation sites excluding steroid dienone is 1. The summed E-state index contributed by atoms with van der Waals surface area (Å²) >= 11 is 1.43. The number of nitrogens with one attached hydrogen (secondary N) is 1. The molecule has 5 rings (SSSR count). The molecule has 3 aromatic carbocycles. The second kappa shape index (κ2) is 13.5. The molecule has 0 saturated carbocycles. The zero-order valence-electron chi connectivity index (χ0n) is 23.8. The Morgan fingerprint density at radius 3 is 2.43 bits per heavy atom. The minimum atomic E-state index is -0.576. The molecule has 42 heavy (non-hydrogen) atoms. The summed E-state index contributed by atoms with van der Waals surface area (Å²) in [4.78, 5) is 33.4. The Morgan fingerprint density at radius 2 is 1.69 bits per heavy atom. The lowest BCUT2D eigenvalue weighted by molar-refractivity contribution is -0.141. The number of hydrogen-bond acceptors (Lipinski definition) is 8. The van der Waals surface area contributed by atoms with Crippen molar-refractivity contribution < 1.29 is 23.8 Å². The van der Waals surface area contributed by atoms with Crippen LogP contribution in [0, 0.1) is 0 Å². The number of nitrogens with zero attached hydrogens (tertiary/aromatic N) is 2. The molecule has 8 nitrogen and oxygen atoms in total. The highest BCUT2D eigenvalue weighted by molar-refractivity contribution is 8.16. The molecule has 9 heteroatoms. The first kappa shape index (κ1) is 29.2. The van der Waals surface area contributed by atoms with Gasteiger partial charge < -0.3 is 24.4 Å². The molecule has 0 radical (unpaired) electrons. The molecule has 2 heterocycles. The molecule has 1 N–H and O–H groups in total. The molecule has 0 fully saturated rings. The van der Waals surface area contributed by atoms with E-state index < -0.39 is 12.0 Å². The lowest BCUT2D eigenvalue weighted by Crippen LogP contribution is -2.38. The summed E-state index contributed by atoms with van der Waals surface area (Å²) < 4.78 is 16.8. The van der Waals surface area contributed by atoms with E-state index in [0.29, 0.717) is 27.9 Å². The number of para-hydroxylation sites is 1. The molecule has 2 unspecified atom stereocenters. The summed E-state index contributed by atoms with van der Waals surface area (Å²) in [5.41, 5.74) is 3.53. The first-order valence-electron chi connectivity index (χ1n) is 13.7. The first-order chi connectivity index (χ1) is 20.4. The average molecular weight is 584 g/mol. The standard InChI is InChI=1S/C33H33N3O5S/c1-22(24-11-6-4-7-12-24)34-29(37)20-26-21-42-33-35-23(2)30(32(38)40-18-17-39-3)31(36(26)33)25-13-10-16-28(19-25)41-27-14-8-5-9-15-27/h4-16,19,21-22,31H,17-18,20H2,1-3H3,(H,34,37). The SMILES string of the molecule is COCCOC(=O)C1=C(C)N=C2SC=C(CC(=O)NC(C)c3ccccc3)N2C1c1cccc(Oc2ccccc2)c1. The van der Waals surface area contributed by atoms with Crippen LogP contribution in [0.1, 0.15) is 43.5 Å². The molecule has 0 bridgehead atoms. The molecule has 3 aromatic rings. The van der Waals surface area contributed by atoms with Crippen molar-refractivity contribution in [2.24, 2.45) is 4.99 Å². The first-order valence-corrected chi connectivity index (χ1v) is 14.6. The number of fused-ring (bicyclic) bond motifs is 1. The van der Waals surface area contributed by atoms with Gasteiger partial charge in [0.2, 0.25) is 5.91 Å². The van der Waals surface area contributed by atoms with E-state index >= 15 is 0 Å². The fraction of sp³-hybridized carbons (Fsp3) is 0.242. The third-order valence-electron chi connectivity index (χ3n) is 6.91. The summed E-state index contributed by atoms with van der Waals surface area (Å²) in [5.74, 6) is 0.715. The van der Waals surface area contributed by atoms with E-state index in [2.05, 4.69) is 5.32 Å². The lowest BCUT2D eigenvalue weighted by atomic mass is 9.93. The Balaban J connectivity index is 1.45. The monoisotopic (exact) mass is 583 g/mol. The highest BCUT2D eigenvalue weighted by Gasteiger charge is 2.41. The number of methoxy groups -OCH3 is 1. The normalized spacial score (nSPS) is 16.7. The van der Waals surface area contributed by atoms with Gasteiger partial charge in [0.1, 0.15) is 18.1 Å². The van der Waals surface area contributed by atoms with Crippen LogP contribution in [-0.4, -0.2) is 42.3 Å². The van der Waals surface area contributed by atoms with Crippen molar-refractivity contribution in [2.45, 2.75) is 32.4 Å². The van der Waals surface area contributed by atoms with Gasteiger partial charge in [-0.05, 0) is 54.6 Å². The maximum atomic E-state index is 13.5. The minimum absolute atomic E-state index is 0.115. The largest absolute Gasteiger partial charge is 0.460 e. The number of esters is 1. The molecular weight excluding hydrogens is 550 g/mol. The van der Waals surface area contributed by atoms with Crippen LogP contribution in [0.5, 0.6) is 11.5 Å². The van der Waals surface area contributed by atoms with Crippen LogP contribution in [0.2, 0.25) is 0 Å². The van der Waals surface area contributed by atoms with Gasteiger partial charge in [-0.15, -0.1) is 0 Å². The number of aliphatic imine (C=N–C) groups is 1. The zero-order chi connectivity index (χ0) is 29.5. The second-order valence-electron chi connectivity index (χ2n) is 9.89. The van der Waals surface area contributed by atoms with E-state index in [4.69, 9.17) is 19.2 Å². The topological polar surface area (TPSA) is 89.5 Å². The number of benzene rings is 3. The van der Waals surface area contributed by atoms with Gasteiger partial charge in [-0.1, -0.05) is 72.4 Å². The lowest BCUT2D eigenvalue weighted by Gasteiger charge is -2.36. The Kier molecular flexibility index (Phi) is 9.41. The van der Waals surface area contributed by atoms with Crippen molar-refractivity contribution in [2.75, 3.05) is 20.3 Å². The van der Waals surface area contributed by atoms with E-state index in [1.807, 2.05) is 102 Å². The molecule has 0 spiro atoms. The number of hydrogen-bond donors (Lipinski definition) is 1. The fourth-order valence-electron chi connectivity index (χ4n) is 4.90. The van der Waals surface area contributed by atoms with Crippen LogP contribution in [0.25, 0.3) is 0 Å². The summed E-state index contributed by atoms with van der Waals surface area (Å²) in [6, 6.07) is 26.2. The molecule has 1 amide bonds. The van der Waals surface area contributed by atoms with Crippen LogP contribution >= 0.6 is 11.8 Å². The van der Waals surface area contributed by atoms with Crippen molar-refractivity contribution in [3.8, 4) is 11.5 Å². The Labute approximate surface area is 250 Å². The van der Waals surface area contributed by atoms with Crippen molar-refractivity contribution in [1.29, 1.82) is 0 Å². The number of amides is 1. The predicted molar refractivity (Wildman–Crippen MR) is 164 cm³/mol. The summed E-state index contributed by atoms with van der Waals surface area (Å²) in [6.07, 6.45) is 0.116. The van der Waals surface area contributed by atoms with Crippen LogP contribution in [0.15, 0.2) is 112 Å². The van der Waals surface area contributed by atoms with Crippen molar-refractivity contribution in [3.63, 3.8) is 0 Å². The van der Waals surface area contributed by atoms with Crippen LogP contribution in [0.3, 0.4) is 0 Å². The van der Waals surface area contributed by atoms with E-state index in [9.17, 15) is 9.59 Å². The average Bonchev–Trinajstić information content (AvgIpc) is 3.39. The Morgan fingerprint density at radius 1 is 0.976 bits per heavy atom. The second-order valence-corrected chi connectivity index (χ2v) is 10.7. The minimum Gasteiger partial charge on any atom is -0.460 e. The number of amidine groups is 1. The molecule has 216 valence electrons. The fourth-order valence-corrected chi connectivity index (χ4v) is 5.86. The predicted octanol–water partition coefficient (Wildman–Crippen LogP) is 6.51. The third-order valence-corrected chi connectivity index (χ3v) is 7.80. The van der Waals surface area contributed by atoms with Crippen LogP contribution < -0.4 is 10.1 Å². The number of carbonyl (C=O) groups is 2. The summed E-state index contributed by atoms with van der Waals surface area (Å²) in [7, 11) is 1.55. The number of carbonyl (C=O) groups excluding carboxylic acids is 2. The van der Waals surface area contributed by atoms with E-state index in [1.165, 1.54) is 11.8 Å². The number of thioether (sulfide) groups is 1. The maximum Gasteiger partial charge on any atom is 0.338 e. The Bertz CT molecular complexity index is 1520. The number of rotatable bonds is 11. The highest BCUT2D eigenvalue weighted by atomic mass is 32.2. The van der Waals surface area contributed by atoms with Crippen LogP contribution in [-0.2, 0) is 19.1 Å². The smallest absolute Gasteiger partial charge is 0.338 e. The van der Waals surface area contributed by atoms with Gasteiger partial charge in [-0.3, -0.25) is 4.79 Å². The van der Waals surface area contributed by atoms with Gasteiger partial charge in [0, 0.05) is 12.8 Å². The van der Waals surface area contributed by atoms with E-state index in [0.717, 1.165) is 16.8 Å². The van der Waals surface area contributed by atoms with Crippen LogP contribution in [0.4, 0.5) is 0 Å². The molecular formula is C33H33N3O5S. The third kappa shape index (κ3) is 6.75.